The molecule has 1 aromatic rings. The number of nitrogens with zero attached hydrogens (tertiary/aromatic N) is 3. The molecule has 0 bridgehead atoms. The SMILES string of the molecule is C/C(N)=N/C(=S)NC(=O)N1CCN(Cc2ccc(Cl)cc2F)CC1. The molecule has 1 fully saturated rings. The van der Waals surface area contributed by atoms with Crippen LogP contribution in [0.3, 0.4) is 0 Å². The standard InChI is InChI=1S/C15H19ClFN5OS/c1-10(18)19-14(24)20-15(23)22-6-4-21(5-7-22)9-11-2-3-12(16)8-13(11)17/h2-3,8H,4-7,9H2,1H3,(H3,18,19,20,23,24). The number of halogens is 2. The van der Waals surface area contributed by atoms with E-state index in [1.54, 1.807) is 24.0 Å². The minimum atomic E-state index is -0.317. The van der Waals surface area contributed by atoms with Crippen molar-refractivity contribution in [3.63, 3.8) is 0 Å². The lowest BCUT2D eigenvalue weighted by molar-refractivity contribution is 0.137. The van der Waals surface area contributed by atoms with Crippen molar-refractivity contribution in [1.82, 2.24) is 15.1 Å². The summed E-state index contributed by atoms with van der Waals surface area (Å²) in [5, 5.41) is 2.94. The first-order valence-electron chi connectivity index (χ1n) is 7.42. The molecule has 130 valence electrons. The molecule has 6 nitrogen and oxygen atoms in total. The Balaban J connectivity index is 1.83. The van der Waals surface area contributed by atoms with Crippen molar-refractivity contribution in [2.45, 2.75) is 13.5 Å². The monoisotopic (exact) mass is 371 g/mol. The first-order chi connectivity index (χ1) is 11.3. The number of piperazine rings is 1. The average Bonchev–Trinajstić information content (AvgIpc) is 2.50. The van der Waals surface area contributed by atoms with E-state index in [2.05, 4.69) is 15.2 Å². The molecule has 2 rings (SSSR count). The minimum absolute atomic E-state index is 0.0469. The third kappa shape index (κ3) is 5.40. The maximum atomic E-state index is 13.8. The lowest BCUT2D eigenvalue weighted by Gasteiger charge is -2.34. The molecule has 1 heterocycles. The van der Waals surface area contributed by atoms with Gasteiger partial charge in [0.2, 0.25) is 5.11 Å². The Hall–Kier alpha value is -1.77. The van der Waals surface area contributed by atoms with E-state index in [1.165, 1.54) is 6.07 Å². The van der Waals surface area contributed by atoms with Gasteiger partial charge >= 0.3 is 6.03 Å². The Morgan fingerprint density at radius 3 is 2.67 bits per heavy atom. The molecular weight excluding hydrogens is 353 g/mol. The van der Waals surface area contributed by atoms with Gasteiger partial charge in [0.25, 0.3) is 0 Å². The molecule has 0 radical (unpaired) electrons. The van der Waals surface area contributed by atoms with Crippen molar-refractivity contribution in [2.24, 2.45) is 10.7 Å². The summed E-state index contributed by atoms with van der Waals surface area (Å²) in [6.07, 6.45) is 0. The Morgan fingerprint density at radius 1 is 1.42 bits per heavy atom. The fourth-order valence-electron chi connectivity index (χ4n) is 2.36. The second-order valence-corrected chi connectivity index (χ2v) is 6.31. The summed E-state index contributed by atoms with van der Waals surface area (Å²) < 4.78 is 13.8. The van der Waals surface area contributed by atoms with E-state index in [9.17, 15) is 9.18 Å². The van der Waals surface area contributed by atoms with Crippen LogP contribution in [0.2, 0.25) is 5.02 Å². The third-order valence-corrected chi connectivity index (χ3v) is 3.99. The number of nitrogens with one attached hydrogen (secondary N) is 1. The maximum Gasteiger partial charge on any atom is 0.323 e. The molecule has 24 heavy (non-hydrogen) atoms. The number of urea groups is 1. The molecule has 0 saturated carbocycles. The number of nitrogens with two attached hydrogens (primary N) is 1. The highest BCUT2D eigenvalue weighted by molar-refractivity contribution is 7.80. The molecule has 0 unspecified atom stereocenters. The second kappa shape index (κ2) is 8.36. The van der Waals surface area contributed by atoms with Crippen molar-refractivity contribution in [2.75, 3.05) is 26.2 Å². The van der Waals surface area contributed by atoms with Crippen LogP contribution in [-0.4, -0.2) is 53.0 Å². The first kappa shape index (κ1) is 18.6. The van der Waals surface area contributed by atoms with Crippen molar-refractivity contribution in [3.8, 4) is 0 Å². The third-order valence-electron chi connectivity index (χ3n) is 3.56. The predicted octanol–water partition coefficient (Wildman–Crippen LogP) is 1.97. The lowest BCUT2D eigenvalue weighted by Crippen LogP contribution is -2.52. The predicted molar refractivity (Wildman–Crippen MR) is 96.7 cm³/mol. The number of hydrogen-bond acceptors (Lipinski definition) is 3. The number of hydrogen-bond donors (Lipinski definition) is 2. The summed E-state index contributed by atoms with van der Waals surface area (Å²) in [4.78, 5) is 19.6. The molecule has 2 amide bonds. The van der Waals surface area contributed by atoms with Gasteiger partial charge in [-0.1, -0.05) is 17.7 Å². The van der Waals surface area contributed by atoms with Gasteiger partial charge in [0.15, 0.2) is 0 Å². The fourth-order valence-corrected chi connectivity index (χ4v) is 2.75. The van der Waals surface area contributed by atoms with Gasteiger partial charge in [-0.3, -0.25) is 10.2 Å². The number of carbonyl (C=O) groups is 1. The highest BCUT2D eigenvalue weighted by Gasteiger charge is 2.22. The Labute approximate surface area is 150 Å². The molecule has 0 atom stereocenters. The van der Waals surface area contributed by atoms with Gasteiger partial charge in [-0.05, 0) is 31.3 Å². The number of amidine groups is 1. The molecular formula is C15H19ClFN5OS. The van der Waals surface area contributed by atoms with Crippen molar-refractivity contribution >= 4 is 40.8 Å². The normalized spacial score (nSPS) is 16.1. The quantitative estimate of drug-likeness (QED) is 0.473. The second-order valence-electron chi connectivity index (χ2n) is 5.49. The number of rotatable bonds is 2. The number of amides is 2. The average molecular weight is 372 g/mol. The molecule has 0 spiro atoms. The minimum Gasteiger partial charge on any atom is -0.387 e. The van der Waals surface area contributed by atoms with Gasteiger partial charge in [-0.25, -0.2) is 14.2 Å². The van der Waals surface area contributed by atoms with E-state index in [4.69, 9.17) is 29.6 Å². The van der Waals surface area contributed by atoms with Crippen LogP contribution in [-0.2, 0) is 6.54 Å². The van der Waals surface area contributed by atoms with Crippen LogP contribution in [0.5, 0.6) is 0 Å². The summed E-state index contributed by atoms with van der Waals surface area (Å²) in [6.45, 7) is 4.40. The zero-order chi connectivity index (χ0) is 17.7. The van der Waals surface area contributed by atoms with Crippen LogP contribution in [0.1, 0.15) is 12.5 Å². The Morgan fingerprint density at radius 2 is 2.08 bits per heavy atom. The van der Waals surface area contributed by atoms with Crippen LogP contribution < -0.4 is 11.1 Å². The highest BCUT2D eigenvalue weighted by Crippen LogP contribution is 2.17. The van der Waals surface area contributed by atoms with Crippen molar-refractivity contribution in [3.05, 3.63) is 34.6 Å². The molecule has 0 aliphatic carbocycles. The van der Waals surface area contributed by atoms with Gasteiger partial charge < -0.3 is 10.6 Å². The topological polar surface area (TPSA) is 74.0 Å². The lowest BCUT2D eigenvalue weighted by atomic mass is 10.2. The van der Waals surface area contributed by atoms with Gasteiger partial charge in [-0.2, -0.15) is 0 Å². The largest absolute Gasteiger partial charge is 0.387 e. The van der Waals surface area contributed by atoms with E-state index in [-0.39, 0.29) is 22.8 Å². The number of aliphatic imine (C=N–C) groups is 1. The zero-order valence-corrected chi connectivity index (χ0v) is 14.8. The first-order valence-corrected chi connectivity index (χ1v) is 8.20. The fraction of sp³-hybridized carbons (Fsp3) is 0.400. The summed E-state index contributed by atoms with van der Waals surface area (Å²) in [5.41, 5.74) is 6.00. The van der Waals surface area contributed by atoms with E-state index < -0.39 is 0 Å². The van der Waals surface area contributed by atoms with E-state index in [1.807, 2.05) is 0 Å². The van der Waals surface area contributed by atoms with Crippen LogP contribution in [0.25, 0.3) is 0 Å². The van der Waals surface area contributed by atoms with Gasteiger partial charge in [-0.15, -0.1) is 0 Å². The molecule has 1 aromatic carbocycles. The van der Waals surface area contributed by atoms with Crippen LogP contribution in [0, 0.1) is 5.82 Å². The van der Waals surface area contributed by atoms with Crippen molar-refractivity contribution in [1.29, 1.82) is 0 Å². The van der Waals surface area contributed by atoms with Crippen LogP contribution in [0.4, 0.5) is 9.18 Å². The van der Waals surface area contributed by atoms with E-state index >= 15 is 0 Å². The molecule has 9 heteroatoms. The molecule has 1 aliphatic heterocycles. The maximum absolute atomic E-state index is 13.8. The summed E-state index contributed by atoms with van der Waals surface area (Å²) in [7, 11) is 0. The Bertz CT molecular complexity index is 657. The molecule has 3 N–H and O–H groups in total. The number of thiocarbonyl (C=S) groups is 1. The van der Waals surface area contributed by atoms with Crippen LogP contribution in [0.15, 0.2) is 23.2 Å². The van der Waals surface area contributed by atoms with Gasteiger partial charge in [0, 0.05) is 43.3 Å². The summed E-state index contributed by atoms with van der Waals surface area (Å²) >= 11 is 10.7. The zero-order valence-electron chi connectivity index (χ0n) is 13.3. The number of benzene rings is 1. The number of carbonyl (C=O) groups excluding carboxylic acids is 1. The summed E-state index contributed by atoms with van der Waals surface area (Å²) in [5.74, 6) is -0.0295. The van der Waals surface area contributed by atoms with Crippen LogP contribution >= 0.6 is 23.8 Å². The Kier molecular flexibility index (Phi) is 6.47. The van der Waals surface area contributed by atoms with E-state index in [0.29, 0.717) is 43.3 Å². The van der Waals surface area contributed by atoms with Gasteiger partial charge in [0.1, 0.15) is 5.82 Å². The molecule has 0 aromatic heterocycles. The molecule has 1 saturated heterocycles. The van der Waals surface area contributed by atoms with Crippen molar-refractivity contribution < 1.29 is 9.18 Å². The summed E-state index contributed by atoms with van der Waals surface area (Å²) in [6, 6.07) is 4.36. The highest BCUT2D eigenvalue weighted by atomic mass is 35.5. The van der Waals surface area contributed by atoms with Gasteiger partial charge in [0.05, 0.1) is 5.84 Å². The smallest absolute Gasteiger partial charge is 0.323 e. The molecule has 1 aliphatic rings. The van der Waals surface area contributed by atoms with E-state index in [0.717, 1.165) is 0 Å².